The maximum atomic E-state index is 12.4. The number of hydrogen-bond donors (Lipinski definition) is 2. The minimum Gasteiger partial charge on any atom is -0.495 e. The first-order chi connectivity index (χ1) is 13.9. The molecule has 0 aliphatic carbocycles. The number of anilines is 2. The Labute approximate surface area is 173 Å². The number of rotatable bonds is 7. The van der Waals surface area contributed by atoms with Crippen molar-refractivity contribution in [2.75, 3.05) is 31.4 Å². The lowest BCUT2D eigenvalue weighted by Gasteiger charge is -2.14. The number of aryl methyl sites for hydroxylation is 2. The van der Waals surface area contributed by atoms with Crippen molar-refractivity contribution < 1.29 is 14.3 Å². The minimum atomic E-state index is -0.259. The largest absolute Gasteiger partial charge is 0.495 e. The van der Waals surface area contributed by atoms with Gasteiger partial charge in [-0.25, -0.2) is 0 Å². The lowest BCUT2D eigenvalue weighted by atomic mass is 10.2. The molecule has 0 saturated carbocycles. The summed E-state index contributed by atoms with van der Waals surface area (Å²) in [6, 6.07) is 8.91. The fourth-order valence-corrected chi connectivity index (χ4v) is 2.98. The van der Waals surface area contributed by atoms with Crippen molar-refractivity contribution in [3.05, 3.63) is 46.7 Å². The molecule has 1 heterocycles. The number of carbonyl (C=O) groups is 1. The maximum absolute atomic E-state index is 12.4. The molecule has 1 amide bonds. The highest BCUT2D eigenvalue weighted by atomic mass is 35.5. The molecule has 0 spiro atoms. The summed E-state index contributed by atoms with van der Waals surface area (Å²) in [5, 5.41) is 17.8. The second-order valence-electron chi connectivity index (χ2n) is 6.23. The molecule has 0 aliphatic rings. The van der Waals surface area contributed by atoms with E-state index in [1.54, 1.807) is 16.8 Å². The number of halogens is 1. The molecule has 0 saturated heterocycles. The molecule has 10 heteroatoms. The van der Waals surface area contributed by atoms with Crippen molar-refractivity contribution >= 4 is 28.9 Å². The normalized spacial score (nSPS) is 10.5. The third-order valence-electron chi connectivity index (χ3n) is 4.26. The lowest BCUT2D eigenvalue weighted by molar-refractivity contribution is -0.114. The van der Waals surface area contributed by atoms with Crippen molar-refractivity contribution in [2.24, 2.45) is 0 Å². The van der Waals surface area contributed by atoms with Crippen LogP contribution in [0.15, 0.2) is 30.3 Å². The summed E-state index contributed by atoms with van der Waals surface area (Å²) < 4.78 is 12.1. The smallest absolute Gasteiger partial charge is 0.243 e. The molecular formula is C19H21ClN6O3. The van der Waals surface area contributed by atoms with Crippen LogP contribution in [-0.4, -0.2) is 46.9 Å². The number of methoxy groups -OCH3 is 2. The van der Waals surface area contributed by atoms with Gasteiger partial charge in [0.1, 0.15) is 11.5 Å². The average Bonchev–Trinajstić information content (AvgIpc) is 3.13. The van der Waals surface area contributed by atoms with E-state index >= 15 is 0 Å². The molecule has 0 unspecified atom stereocenters. The Balaban J connectivity index is 1.70. The van der Waals surface area contributed by atoms with E-state index in [0.29, 0.717) is 28.0 Å². The average molecular weight is 417 g/mol. The first kappa shape index (κ1) is 20.4. The van der Waals surface area contributed by atoms with Crippen LogP contribution >= 0.6 is 11.6 Å². The maximum Gasteiger partial charge on any atom is 0.243 e. The summed E-state index contributed by atoms with van der Waals surface area (Å²) in [6.45, 7) is 3.83. The molecule has 1 aromatic heterocycles. The van der Waals surface area contributed by atoms with Gasteiger partial charge in [0.15, 0.2) is 5.82 Å². The van der Waals surface area contributed by atoms with Crippen LogP contribution in [0.2, 0.25) is 5.02 Å². The van der Waals surface area contributed by atoms with E-state index in [2.05, 4.69) is 26.2 Å². The Hall–Kier alpha value is -3.33. The number of carbonyl (C=O) groups excluding carboxylic acids is 1. The zero-order valence-corrected chi connectivity index (χ0v) is 17.2. The topological polar surface area (TPSA) is 103 Å². The van der Waals surface area contributed by atoms with Crippen LogP contribution < -0.4 is 20.1 Å². The van der Waals surface area contributed by atoms with Gasteiger partial charge in [-0.15, -0.1) is 5.10 Å². The molecule has 2 aromatic carbocycles. The van der Waals surface area contributed by atoms with Gasteiger partial charge in [0.25, 0.3) is 0 Å². The van der Waals surface area contributed by atoms with E-state index in [-0.39, 0.29) is 12.5 Å². The molecule has 0 fully saturated rings. The van der Waals surface area contributed by atoms with Crippen molar-refractivity contribution in [1.29, 1.82) is 0 Å². The quantitative estimate of drug-likeness (QED) is 0.610. The second-order valence-corrected chi connectivity index (χ2v) is 6.64. The van der Waals surface area contributed by atoms with Crippen molar-refractivity contribution in [1.82, 2.24) is 20.2 Å². The fraction of sp³-hybridized carbons (Fsp3) is 0.263. The molecule has 3 aromatic rings. The van der Waals surface area contributed by atoms with Crippen LogP contribution in [0.3, 0.4) is 0 Å². The highest BCUT2D eigenvalue weighted by Gasteiger charge is 2.13. The van der Waals surface area contributed by atoms with Gasteiger partial charge < -0.3 is 20.1 Å². The first-order valence-electron chi connectivity index (χ1n) is 8.74. The van der Waals surface area contributed by atoms with E-state index in [9.17, 15) is 4.79 Å². The number of ether oxygens (including phenoxy) is 2. The number of amides is 1. The second kappa shape index (κ2) is 8.78. The van der Waals surface area contributed by atoms with Gasteiger partial charge in [0.05, 0.1) is 37.2 Å². The lowest BCUT2D eigenvalue weighted by Crippen LogP contribution is -2.22. The number of nitrogens with one attached hydrogen (secondary N) is 2. The Morgan fingerprint density at radius 1 is 1.14 bits per heavy atom. The Morgan fingerprint density at radius 3 is 2.55 bits per heavy atom. The molecule has 2 N–H and O–H groups in total. The number of aromatic nitrogens is 4. The van der Waals surface area contributed by atoms with E-state index in [1.165, 1.54) is 14.2 Å². The van der Waals surface area contributed by atoms with Crippen LogP contribution in [0.25, 0.3) is 5.69 Å². The van der Waals surface area contributed by atoms with Gasteiger partial charge >= 0.3 is 0 Å². The molecule has 29 heavy (non-hydrogen) atoms. The van der Waals surface area contributed by atoms with Crippen LogP contribution in [0.4, 0.5) is 11.4 Å². The molecule has 0 bridgehead atoms. The van der Waals surface area contributed by atoms with E-state index in [4.69, 9.17) is 21.1 Å². The predicted octanol–water partition coefficient (Wildman–Crippen LogP) is 3.00. The van der Waals surface area contributed by atoms with Crippen molar-refractivity contribution in [3.8, 4) is 17.2 Å². The van der Waals surface area contributed by atoms with Gasteiger partial charge in [0, 0.05) is 11.8 Å². The summed E-state index contributed by atoms with van der Waals surface area (Å²) in [5.74, 6) is 1.33. The number of tetrazole rings is 1. The highest BCUT2D eigenvalue weighted by molar-refractivity contribution is 6.32. The van der Waals surface area contributed by atoms with Gasteiger partial charge in [-0.1, -0.05) is 17.7 Å². The van der Waals surface area contributed by atoms with Gasteiger partial charge in [0.2, 0.25) is 5.91 Å². The van der Waals surface area contributed by atoms with Crippen LogP contribution in [-0.2, 0) is 4.79 Å². The van der Waals surface area contributed by atoms with Crippen LogP contribution in [0.5, 0.6) is 11.5 Å². The first-order valence-corrected chi connectivity index (χ1v) is 9.12. The molecule has 0 aliphatic heterocycles. The third-order valence-corrected chi connectivity index (χ3v) is 4.56. The minimum absolute atomic E-state index is 0.0455. The number of hydrogen-bond acceptors (Lipinski definition) is 7. The molecule has 9 nitrogen and oxygen atoms in total. The summed E-state index contributed by atoms with van der Waals surface area (Å²) in [5.41, 5.74) is 3.06. The Bertz CT molecular complexity index is 1040. The highest BCUT2D eigenvalue weighted by Crippen LogP contribution is 2.35. The van der Waals surface area contributed by atoms with Crippen LogP contribution in [0.1, 0.15) is 11.4 Å². The molecule has 152 valence electrons. The van der Waals surface area contributed by atoms with E-state index < -0.39 is 0 Å². The summed E-state index contributed by atoms with van der Waals surface area (Å²) in [6.07, 6.45) is 0. The Kier molecular flexibility index (Phi) is 6.18. The summed E-state index contributed by atoms with van der Waals surface area (Å²) >= 11 is 6.14. The molecular weight excluding hydrogens is 396 g/mol. The monoisotopic (exact) mass is 416 g/mol. The Morgan fingerprint density at radius 2 is 1.90 bits per heavy atom. The SMILES string of the molecule is COc1cc(OC)c(NC(=O)CNc2ccc(C)c(-n3nnnc3C)c2)cc1Cl. The zero-order valence-electron chi connectivity index (χ0n) is 16.5. The fourth-order valence-electron chi connectivity index (χ4n) is 2.74. The molecule has 0 atom stereocenters. The van der Waals surface area contributed by atoms with Crippen molar-refractivity contribution in [2.45, 2.75) is 13.8 Å². The molecule has 3 rings (SSSR count). The van der Waals surface area contributed by atoms with Gasteiger partial charge in [-0.3, -0.25) is 4.79 Å². The number of benzene rings is 2. The van der Waals surface area contributed by atoms with Gasteiger partial charge in [-0.2, -0.15) is 4.68 Å². The van der Waals surface area contributed by atoms with Crippen molar-refractivity contribution in [3.63, 3.8) is 0 Å². The van der Waals surface area contributed by atoms with E-state index in [1.807, 2.05) is 32.0 Å². The third kappa shape index (κ3) is 4.57. The zero-order chi connectivity index (χ0) is 21.0. The molecule has 0 radical (unpaired) electrons. The summed E-state index contributed by atoms with van der Waals surface area (Å²) in [7, 11) is 3.01. The summed E-state index contributed by atoms with van der Waals surface area (Å²) in [4.78, 5) is 12.4. The standard InChI is InChI=1S/C19H21ClN6O3/c1-11-5-6-13(7-16(11)26-12(2)23-24-25-26)21-10-19(27)22-15-8-14(20)17(28-3)9-18(15)29-4/h5-9,21H,10H2,1-4H3,(H,22,27). The predicted molar refractivity (Wildman–Crippen MR) is 110 cm³/mol. The van der Waals surface area contributed by atoms with Crippen LogP contribution in [0, 0.1) is 13.8 Å². The van der Waals surface area contributed by atoms with Gasteiger partial charge in [-0.05, 0) is 48.0 Å². The number of nitrogens with zero attached hydrogens (tertiary/aromatic N) is 4. The van der Waals surface area contributed by atoms with E-state index in [0.717, 1.165) is 16.9 Å².